The summed E-state index contributed by atoms with van der Waals surface area (Å²) in [5.41, 5.74) is 3.75. The van der Waals surface area contributed by atoms with Gasteiger partial charge in [0.05, 0.1) is 6.10 Å². The van der Waals surface area contributed by atoms with Gasteiger partial charge >= 0.3 is 0 Å². The lowest BCUT2D eigenvalue weighted by Gasteiger charge is -2.43. The van der Waals surface area contributed by atoms with Crippen LogP contribution in [0.25, 0.3) is 0 Å². The van der Waals surface area contributed by atoms with Gasteiger partial charge in [-0.3, -0.25) is 0 Å². The molecular formula is C26H43NO. The summed E-state index contributed by atoms with van der Waals surface area (Å²) in [5, 5.41) is 9.96. The molecule has 0 amide bonds. The van der Waals surface area contributed by atoms with Crippen molar-refractivity contribution in [2.45, 2.75) is 97.0 Å². The molecule has 4 aliphatic rings. The van der Waals surface area contributed by atoms with E-state index < -0.39 is 0 Å². The lowest BCUT2D eigenvalue weighted by molar-refractivity contribution is 0.119. The lowest BCUT2D eigenvalue weighted by atomic mass is 9.63. The number of hydrogen-bond acceptors (Lipinski definition) is 2. The largest absolute Gasteiger partial charge is 0.393 e. The van der Waals surface area contributed by atoms with Gasteiger partial charge in [0.25, 0.3) is 0 Å². The molecule has 0 bridgehead atoms. The van der Waals surface area contributed by atoms with E-state index >= 15 is 0 Å². The molecule has 1 saturated heterocycles. The highest BCUT2D eigenvalue weighted by atomic mass is 16.3. The first-order chi connectivity index (χ1) is 13.6. The SMILES string of the molecule is CCC1CCN(CCC2CCC3/C(=C/C=C4/CCCC(O)C4)CCCC23C)C1. The van der Waals surface area contributed by atoms with Crippen LogP contribution in [0.5, 0.6) is 0 Å². The first-order valence-electron chi connectivity index (χ1n) is 12.4. The molecule has 0 aromatic carbocycles. The third-order valence-electron chi connectivity index (χ3n) is 8.97. The van der Waals surface area contributed by atoms with E-state index in [1.807, 2.05) is 0 Å². The molecule has 28 heavy (non-hydrogen) atoms. The highest BCUT2D eigenvalue weighted by molar-refractivity contribution is 5.25. The number of aliphatic hydroxyl groups is 1. The standard InChI is InChI=1S/C26H43NO/c1-3-20-13-16-27(19-20)17-14-23-11-12-25-22(7-5-15-26(23,25)2)10-9-21-6-4-8-24(28)18-21/h9-10,20,23-25,28H,3-8,11-19H2,1-2H3/b21-9-,22-10+. The molecule has 0 radical (unpaired) electrons. The van der Waals surface area contributed by atoms with Gasteiger partial charge in [0.15, 0.2) is 0 Å². The molecule has 1 N–H and O–H groups in total. The summed E-state index contributed by atoms with van der Waals surface area (Å²) in [4.78, 5) is 2.75. The first kappa shape index (κ1) is 20.7. The number of hydrogen-bond donors (Lipinski definition) is 1. The summed E-state index contributed by atoms with van der Waals surface area (Å²) in [6, 6.07) is 0. The second-order valence-electron chi connectivity index (χ2n) is 10.7. The topological polar surface area (TPSA) is 23.5 Å². The van der Waals surface area contributed by atoms with Gasteiger partial charge in [-0.1, -0.05) is 43.6 Å². The van der Waals surface area contributed by atoms with Crippen molar-refractivity contribution in [1.82, 2.24) is 4.90 Å². The Hall–Kier alpha value is -0.600. The smallest absolute Gasteiger partial charge is 0.0577 e. The minimum Gasteiger partial charge on any atom is -0.393 e. The van der Waals surface area contributed by atoms with Crippen LogP contribution in [0.15, 0.2) is 23.3 Å². The van der Waals surface area contributed by atoms with Gasteiger partial charge in [-0.15, -0.1) is 0 Å². The van der Waals surface area contributed by atoms with E-state index in [0.29, 0.717) is 5.41 Å². The van der Waals surface area contributed by atoms with Crippen LogP contribution in [0.4, 0.5) is 0 Å². The highest BCUT2D eigenvalue weighted by Crippen LogP contribution is 2.58. The highest BCUT2D eigenvalue weighted by Gasteiger charge is 2.48. The Morgan fingerprint density at radius 2 is 2.00 bits per heavy atom. The van der Waals surface area contributed by atoms with Crippen molar-refractivity contribution in [2.75, 3.05) is 19.6 Å². The van der Waals surface area contributed by atoms with Crippen LogP contribution in [0.3, 0.4) is 0 Å². The van der Waals surface area contributed by atoms with Gasteiger partial charge in [0, 0.05) is 6.54 Å². The van der Waals surface area contributed by atoms with Crippen LogP contribution in [-0.4, -0.2) is 35.7 Å². The summed E-state index contributed by atoms with van der Waals surface area (Å²) in [6.45, 7) is 9.02. The Morgan fingerprint density at radius 1 is 1.11 bits per heavy atom. The monoisotopic (exact) mass is 385 g/mol. The average Bonchev–Trinajstić information content (AvgIpc) is 3.28. The fourth-order valence-electron chi connectivity index (χ4n) is 7.06. The first-order valence-corrected chi connectivity index (χ1v) is 12.4. The molecule has 1 aliphatic heterocycles. The van der Waals surface area contributed by atoms with Gasteiger partial charge < -0.3 is 10.0 Å². The normalized spacial score (nSPS) is 42.4. The Bertz CT molecular complexity index is 593. The molecule has 0 aromatic rings. The molecule has 5 atom stereocenters. The predicted octanol–water partition coefficient (Wildman–Crippen LogP) is 6.11. The van der Waals surface area contributed by atoms with Crippen LogP contribution in [0, 0.1) is 23.2 Å². The maximum absolute atomic E-state index is 9.96. The molecular weight excluding hydrogens is 342 g/mol. The number of allylic oxidation sites excluding steroid dienone is 3. The van der Waals surface area contributed by atoms with Gasteiger partial charge in [-0.05, 0) is 107 Å². The van der Waals surface area contributed by atoms with E-state index in [4.69, 9.17) is 0 Å². The van der Waals surface area contributed by atoms with Crippen molar-refractivity contribution in [3.8, 4) is 0 Å². The second-order valence-corrected chi connectivity index (χ2v) is 10.7. The number of aliphatic hydroxyl groups excluding tert-OH is 1. The molecule has 2 nitrogen and oxygen atoms in total. The van der Waals surface area contributed by atoms with Gasteiger partial charge in [0.1, 0.15) is 0 Å². The number of likely N-dealkylation sites (tertiary alicyclic amines) is 1. The Morgan fingerprint density at radius 3 is 2.79 bits per heavy atom. The zero-order valence-electron chi connectivity index (χ0n) is 18.5. The zero-order chi connectivity index (χ0) is 19.6. The molecule has 2 heteroatoms. The van der Waals surface area contributed by atoms with E-state index in [1.54, 1.807) is 5.57 Å². The van der Waals surface area contributed by atoms with Crippen LogP contribution in [-0.2, 0) is 0 Å². The van der Waals surface area contributed by atoms with Crippen LogP contribution in [0.2, 0.25) is 0 Å². The van der Waals surface area contributed by atoms with Gasteiger partial charge in [0.2, 0.25) is 0 Å². The van der Waals surface area contributed by atoms with Crippen molar-refractivity contribution < 1.29 is 5.11 Å². The van der Waals surface area contributed by atoms with Crippen LogP contribution in [0.1, 0.15) is 90.9 Å². The van der Waals surface area contributed by atoms with Gasteiger partial charge in [-0.2, -0.15) is 0 Å². The van der Waals surface area contributed by atoms with E-state index in [9.17, 15) is 5.11 Å². The summed E-state index contributed by atoms with van der Waals surface area (Å²) in [6.07, 6.45) is 20.2. The maximum Gasteiger partial charge on any atom is 0.0577 e. The quantitative estimate of drug-likeness (QED) is 0.617. The fourth-order valence-corrected chi connectivity index (χ4v) is 7.06. The fraction of sp³-hybridized carbons (Fsp3) is 0.846. The molecule has 1 heterocycles. The molecule has 4 rings (SSSR count). The van der Waals surface area contributed by atoms with Crippen molar-refractivity contribution in [3.63, 3.8) is 0 Å². The van der Waals surface area contributed by atoms with Gasteiger partial charge in [-0.25, -0.2) is 0 Å². The van der Waals surface area contributed by atoms with E-state index in [-0.39, 0.29) is 6.10 Å². The number of rotatable bonds is 5. The van der Waals surface area contributed by atoms with Crippen LogP contribution >= 0.6 is 0 Å². The Kier molecular flexibility index (Phi) is 6.67. The van der Waals surface area contributed by atoms with E-state index in [1.165, 1.54) is 83.0 Å². The third kappa shape index (κ3) is 4.43. The average molecular weight is 386 g/mol. The van der Waals surface area contributed by atoms with Crippen molar-refractivity contribution >= 4 is 0 Å². The minimum atomic E-state index is -0.0937. The molecule has 0 aromatic heterocycles. The minimum absolute atomic E-state index is 0.0937. The summed E-state index contributed by atoms with van der Waals surface area (Å²) in [5.74, 6) is 2.70. The predicted molar refractivity (Wildman–Crippen MR) is 118 cm³/mol. The van der Waals surface area contributed by atoms with E-state index in [2.05, 4.69) is 30.9 Å². The third-order valence-corrected chi connectivity index (χ3v) is 8.97. The summed E-state index contributed by atoms with van der Waals surface area (Å²) in [7, 11) is 0. The summed E-state index contributed by atoms with van der Waals surface area (Å²) >= 11 is 0. The maximum atomic E-state index is 9.96. The van der Waals surface area contributed by atoms with Crippen molar-refractivity contribution in [2.24, 2.45) is 23.2 Å². The van der Waals surface area contributed by atoms with Crippen molar-refractivity contribution in [3.05, 3.63) is 23.3 Å². The van der Waals surface area contributed by atoms with Crippen molar-refractivity contribution in [1.29, 1.82) is 0 Å². The summed E-state index contributed by atoms with van der Waals surface area (Å²) < 4.78 is 0. The zero-order valence-corrected chi connectivity index (χ0v) is 18.5. The Balaban J connectivity index is 1.37. The lowest BCUT2D eigenvalue weighted by Crippen LogP contribution is -2.35. The molecule has 4 fully saturated rings. The second kappa shape index (κ2) is 9.04. The van der Waals surface area contributed by atoms with E-state index in [0.717, 1.165) is 37.0 Å². The molecule has 3 aliphatic carbocycles. The number of fused-ring (bicyclic) bond motifs is 1. The van der Waals surface area contributed by atoms with Crippen LogP contribution < -0.4 is 0 Å². The molecule has 5 unspecified atom stereocenters. The molecule has 158 valence electrons. The molecule has 0 spiro atoms. The molecule has 3 saturated carbocycles. The Labute approximate surface area is 173 Å². The number of nitrogens with zero attached hydrogens (tertiary/aromatic N) is 1.